The van der Waals surface area contributed by atoms with Gasteiger partial charge in [0.1, 0.15) is 4.83 Å². The minimum atomic E-state index is 0.0787. The molecule has 0 radical (unpaired) electrons. The molecule has 3 aromatic heterocycles. The van der Waals surface area contributed by atoms with Crippen molar-refractivity contribution in [1.82, 2.24) is 19.1 Å². The van der Waals surface area contributed by atoms with Crippen LogP contribution in [0.4, 0.5) is 0 Å². The van der Waals surface area contributed by atoms with Gasteiger partial charge < -0.3 is 9.55 Å². The predicted molar refractivity (Wildman–Crippen MR) is 99.5 cm³/mol. The minimum Gasteiger partial charge on any atom is -0.337 e. The molecule has 0 atom stereocenters. The van der Waals surface area contributed by atoms with E-state index in [1.165, 1.54) is 23.3 Å². The van der Waals surface area contributed by atoms with Crippen molar-refractivity contribution in [2.45, 2.75) is 52.1 Å². The number of aryl methyl sites for hydroxylation is 4. The number of nitrogens with zero attached hydrogens (tertiary/aromatic N) is 3. The van der Waals surface area contributed by atoms with Crippen LogP contribution in [-0.4, -0.2) is 19.1 Å². The molecule has 0 saturated heterocycles. The number of hydrogen-bond acceptors (Lipinski definition) is 4. The number of aromatic amines is 1. The third-order valence-corrected chi connectivity index (χ3v) is 6.19. The van der Waals surface area contributed by atoms with Crippen LogP contribution in [0.25, 0.3) is 10.2 Å². The summed E-state index contributed by atoms with van der Waals surface area (Å²) in [5.41, 5.74) is 2.35. The molecule has 0 bridgehead atoms. The van der Waals surface area contributed by atoms with E-state index >= 15 is 0 Å². The van der Waals surface area contributed by atoms with E-state index in [0.717, 1.165) is 41.7 Å². The van der Waals surface area contributed by atoms with Gasteiger partial charge in [-0.2, -0.15) is 0 Å². The van der Waals surface area contributed by atoms with Gasteiger partial charge in [0, 0.05) is 24.2 Å². The lowest BCUT2D eigenvalue weighted by Gasteiger charge is -2.11. The van der Waals surface area contributed by atoms with E-state index in [4.69, 9.17) is 12.2 Å². The maximum absolute atomic E-state index is 13.0. The summed E-state index contributed by atoms with van der Waals surface area (Å²) in [5.74, 6) is 0. The molecule has 0 aromatic carbocycles. The summed E-state index contributed by atoms with van der Waals surface area (Å²) in [6.07, 6.45) is 9.20. The van der Waals surface area contributed by atoms with Crippen molar-refractivity contribution in [2.24, 2.45) is 0 Å². The zero-order chi connectivity index (χ0) is 16.7. The smallest absolute Gasteiger partial charge is 0.263 e. The van der Waals surface area contributed by atoms with Crippen LogP contribution in [0.2, 0.25) is 0 Å². The van der Waals surface area contributed by atoms with E-state index in [0.29, 0.717) is 11.3 Å². The molecule has 126 valence electrons. The molecule has 5 nitrogen and oxygen atoms in total. The standard InChI is InChI=1S/C17H20N4OS2/c1-11-9-20(10-18-11)7-4-8-21-16(22)14-12-5-2-3-6-13(12)24-15(14)19-17(21)23/h9-10H,2-8H2,1H3,(H,19,23). The van der Waals surface area contributed by atoms with Gasteiger partial charge in [-0.1, -0.05) is 0 Å². The van der Waals surface area contributed by atoms with Crippen molar-refractivity contribution in [1.29, 1.82) is 0 Å². The fourth-order valence-electron chi connectivity index (χ4n) is 3.48. The minimum absolute atomic E-state index is 0.0787. The third kappa shape index (κ3) is 2.75. The van der Waals surface area contributed by atoms with Gasteiger partial charge in [-0.25, -0.2) is 4.98 Å². The van der Waals surface area contributed by atoms with E-state index in [-0.39, 0.29) is 5.56 Å². The number of fused-ring (bicyclic) bond motifs is 3. The Morgan fingerprint density at radius 2 is 2.17 bits per heavy atom. The fraction of sp³-hybridized carbons (Fsp3) is 0.471. The van der Waals surface area contributed by atoms with Crippen molar-refractivity contribution in [3.63, 3.8) is 0 Å². The van der Waals surface area contributed by atoms with E-state index < -0.39 is 0 Å². The lowest BCUT2D eigenvalue weighted by molar-refractivity contribution is 0.545. The first-order valence-corrected chi connectivity index (χ1v) is 9.61. The number of H-pyrrole nitrogens is 1. The zero-order valence-corrected chi connectivity index (χ0v) is 15.3. The highest BCUT2D eigenvalue weighted by atomic mass is 32.1. The van der Waals surface area contributed by atoms with Crippen LogP contribution in [0.3, 0.4) is 0 Å². The van der Waals surface area contributed by atoms with Crippen LogP contribution < -0.4 is 5.56 Å². The second-order valence-corrected chi connectivity index (χ2v) is 7.90. The van der Waals surface area contributed by atoms with Crippen LogP contribution in [0.15, 0.2) is 17.3 Å². The zero-order valence-electron chi connectivity index (χ0n) is 13.7. The Hall–Kier alpha value is -1.73. The Morgan fingerprint density at radius 3 is 2.96 bits per heavy atom. The molecule has 3 heterocycles. The van der Waals surface area contributed by atoms with E-state index in [1.54, 1.807) is 15.9 Å². The number of aromatic nitrogens is 4. The summed E-state index contributed by atoms with van der Waals surface area (Å²) < 4.78 is 4.31. The third-order valence-electron chi connectivity index (χ3n) is 4.66. The van der Waals surface area contributed by atoms with Crippen molar-refractivity contribution < 1.29 is 0 Å². The average molecular weight is 361 g/mol. The number of imidazole rings is 1. The molecule has 1 N–H and O–H groups in total. The molecule has 4 rings (SSSR count). The van der Waals surface area contributed by atoms with Crippen molar-refractivity contribution >= 4 is 33.8 Å². The number of hydrogen-bond donors (Lipinski definition) is 1. The molecule has 0 aliphatic heterocycles. The van der Waals surface area contributed by atoms with Crippen LogP contribution in [0, 0.1) is 11.7 Å². The van der Waals surface area contributed by atoms with Crippen LogP contribution in [-0.2, 0) is 25.9 Å². The normalized spacial score (nSPS) is 14.2. The Morgan fingerprint density at radius 1 is 1.33 bits per heavy atom. The quantitative estimate of drug-likeness (QED) is 0.723. The molecule has 24 heavy (non-hydrogen) atoms. The maximum atomic E-state index is 13.0. The number of nitrogens with one attached hydrogen (secondary N) is 1. The molecule has 0 spiro atoms. The maximum Gasteiger partial charge on any atom is 0.263 e. The summed E-state index contributed by atoms with van der Waals surface area (Å²) in [5, 5.41) is 0.877. The Bertz CT molecular complexity index is 1010. The molecule has 3 aromatic rings. The van der Waals surface area contributed by atoms with Crippen molar-refractivity contribution in [3.8, 4) is 0 Å². The van der Waals surface area contributed by atoms with E-state index in [2.05, 4.69) is 14.5 Å². The molecular formula is C17H20N4OS2. The second-order valence-electron chi connectivity index (χ2n) is 6.41. The largest absolute Gasteiger partial charge is 0.337 e. The number of thiophene rings is 1. The van der Waals surface area contributed by atoms with Crippen LogP contribution in [0.1, 0.15) is 35.4 Å². The summed E-state index contributed by atoms with van der Waals surface area (Å²) >= 11 is 7.15. The first-order chi connectivity index (χ1) is 11.6. The molecule has 0 unspecified atom stereocenters. The van der Waals surface area contributed by atoms with Gasteiger partial charge in [-0.15, -0.1) is 11.3 Å². The van der Waals surface area contributed by atoms with Gasteiger partial charge in [0.05, 0.1) is 17.4 Å². The molecular weight excluding hydrogens is 340 g/mol. The van der Waals surface area contributed by atoms with Gasteiger partial charge in [0.2, 0.25) is 0 Å². The molecule has 0 fully saturated rings. The topological polar surface area (TPSA) is 55.6 Å². The van der Waals surface area contributed by atoms with Gasteiger partial charge >= 0.3 is 0 Å². The van der Waals surface area contributed by atoms with Crippen molar-refractivity contribution in [3.05, 3.63) is 43.8 Å². The van der Waals surface area contributed by atoms with Crippen LogP contribution >= 0.6 is 23.6 Å². The predicted octanol–water partition coefficient (Wildman–Crippen LogP) is 3.59. The molecule has 1 aliphatic rings. The summed E-state index contributed by atoms with van der Waals surface area (Å²) in [6, 6.07) is 0. The fourth-order valence-corrected chi connectivity index (χ4v) is 5.10. The Kier molecular flexibility index (Phi) is 4.14. The molecule has 1 aliphatic carbocycles. The van der Waals surface area contributed by atoms with Gasteiger partial charge in [-0.05, 0) is 56.8 Å². The lowest BCUT2D eigenvalue weighted by Crippen LogP contribution is -2.23. The van der Waals surface area contributed by atoms with Gasteiger partial charge in [-0.3, -0.25) is 9.36 Å². The highest BCUT2D eigenvalue weighted by molar-refractivity contribution is 7.71. The lowest BCUT2D eigenvalue weighted by atomic mass is 9.97. The highest BCUT2D eigenvalue weighted by Crippen LogP contribution is 2.33. The number of rotatable bonds is 4. The monoisotopic (exact) mass is 360 g/mol. The van der Waals surface area contributed by atoms with Crippen molar-refractivity contribution in [2.75, 3.05) is 0 Å². The summed E-state index contributed by atoms with van der Waals surface area (Å²) in [4.78, 5) is 22.8. The average Bonchev–Trinajstić information content (AvgIpc) is 3.13. The Balaban J connectivity index is 1.65. The highest BCUT2D eigenvalue weighted by Gasteiger charge is 2.20. The van der Waals surface area contributed by atoms with E-state index in [1.807, 2.05) is 19.4 Å². The molecule has 0 saturated carbocycles. The molecule has 7 heteroatoms. The van der Waals surface area contributed by atoms with Gasteiger partial charge in [0.15, 0.2) is 4.77 Å². The second kappa shape index (κ2) is 6.29. The first kappa shape index (κ1) is 15.8. The first-order valence-electron chi connectivity index (χ1n) is 8.39. The summed E-state index contributed by atoms with van der Waals surface area (Å²) in [6.45, 7) is 3.44. The van der Waals surface area contributed by atoms with Crippen LogP contribution in [0.5, 0.6) is 0 Å². The Labute approximate surface area is 149 Å². The summed E-state index contributed by atoms with van der Waals surface area (Å²) in [7, 11) is 0. The van der Waals surface area contributed by atoms with E-state index in [9.17, 15) is 4.79 Å². The molecule has 0 amide bonds. The van der Waals surface area contributed by atoms with Gasteiger partial charge in [0.25, 0.3) is 5.56 Å². The SMILES string of the molecule is Cc1cn(CCCn2c(=S)[nH]c3sc4c(c3c2=O)CCCC4)cn1.